The zero-order valence-electron chi connectivity index (χ0n) is 24.2. The summed E-state index contributed by atoms with van der Waals surface area (Å²) >= 11 is 0. The van der Waals surface area contributed by atoms with Crippen LogP contribution in [0.15, 0.2) is 30.3 Å². The van der Waals surface area contributed by atoms with Crippen LogP contribution in [0.25, 0.3) is 0 Å². The minimum absolute atomic E-state index is 0.00275. The maximum absolute atomic E-state index is 10.8. The first-order chi connectivity index (χ1) is 16.1. The summed E-state index contributed by atoms with van der Waals surface area (Å²) in [4.78, 5) is 6.71. The van der Waals surface area contributed by atoms with E-state index in [1.54, 1.807) is 5.06 Å². The Morgan fingerprint density at radius 1 is 0.800 bits per heavy atom. The van der Waals surface area contributed by atoms with E-state index in [9.17, 15) is 5.21 Å². The Morgan fingerprint density at radius 3 is 1.89 bits per heavy atom. The summed E-state index contributed by atoms with van der Waals surface area (Å²) < 4.78 is 0. The lowest BCUT2D eigenvalue weighted by atomic mass is 9.82. The van der Waals surface area contributed by atoms with Crippen LogP contribution in [0.1, 0.15) is 132 Å². The highest BCUT2D eigenvalue weighted by molar-refractivity contribution is 5.16. The molecule has 0 saturated carbocycles. The molecule has 0 spiro atoms. The van der Waals surface area contributed by atoms with Gasteiger partial charge in [-0.15, -0.1) is 0 Å². The summed E-state index contributed by atoms with van der Waals surface area (Å²) in [5, 5.41) is 14.8. The molecule has 3 atom stereocenters. The standard InChI is InChI=1S/C31H54N2O2/c1-24(27-16-11-10-12-17-27)35-33-29(4,5)21-19-26(23-31(33,8)9)15-13-14-25-18-20-28(2,3)32(34)30(6,7)22-25/h10-12,16-17,24-26,34H,13-15,18-23H2,1-9H3. The van der Waals surface area contributed by atoms with E-state index in [4.69, 9.17) is 4.84 Å². The van der Waals surface area contributed by atoms with Crippen molar-refractivity contribution >= 4 is 0 Å². The third-order valence-corrected chi connectivity index (χ3v) is 8.91. The lowest BCUT2D eigenvalue weighted by Crippen LogP contribution is -2.54. The normalized spacial score (nSPS) is 29.8. The number of hydroxylamine groups is 4. The van der Waals surface area contributed by atoms with Crippen molar-refractivity contribution in [2.24, 2.45) is 11.8 Å². The molecule has 2 saturated heterocycles. The van der Waals surface area contributed by atoms with Crippen LogP contribution in [0, 0.1) is 11.8 Å². The highest BCUT2D eigenvalue weighted by atomic mass is 16.7. The topological polar surface area (TPSA) is 35.9 Å². The quantitative estimate of drug-likeness (QED) is 0.419. The zero-order valence-corrected chi connectivity index (χ0v) is 24.2. The second-order valence-electron chi connectivity index (χ2n) is 14.2. The predicted octanol–water partition coefficient (Wildman–Crippen LogP) is 8.56. The highest BCUT2D eigenvalue weighted by Crippen LogP contribution is 2.44. The van der Waals surface area contributed by atoms with Crippen molar-refractivity contribution in [3.8, 4) is 0 Å². The van der Waals surface area contributed by atoms with E-state index in [1.165, 1.54) is 44.1 Å². The fourth-order valence-electron chi connectivity index (χ4n) is 7.16. The van der Waals surface area contributed by atoms with Crippen molar-refractivity contribution in [2.45, 2.75) is 148 Å². The molecule has 2 heterocycles. The molecule has 3 rings (SSSR count). The maximum Gasteiger partial charge on any atom is 0.102 e. The third kappa shape index (κ3) is 7.09. The first kappa shape index (κ1) is 28.6. The molecule has 1 N–H and O–H groups in total. The Bertz CT molecular complexity index is 801. The van der Waals surface area contributed by atoms with Crippen LogP contribution in [-0.2, 0) is 4.84 Å². The van der Waals surface area contributed by atoms with Gasteiger partial charge in [-0.3, -0.25) is 4.84 Å². The zero-order chi connectivity index (χ0) is 26.1. The van der Waals surface area contributed by atoms with Crippen LogP contribution in [-0.4, -0.2) is 37.5 Å². The molecule has 0 amide bonds. The van der Waals surface area contributed by atoms with E-state index >= 15 is 0 Å². The Hall–Kier alpha value is -0.940. The Kier molecular flexibility index (Phi) is 8.84. The summed E-state index contributed by atoms with van der Waals surface area (Å²) in [5.74, 6) is 1.43. The Balaban J connectivity index is 1.60. The molecule has 1 aromatic rings. The van der Waals surface area contributed by atoms with Gasteiger partial charge in [-0.2, -0.15) is 10.1 Å². The van der Waals surface area contributed by atoms with Gasteiger partial charge in [-0.1, -0.05) is 49.6 Å². The SMILES string of the molecule is CC(ON1C(C)(C)CCC(CCCC2CCC(C)(C)N(O)C(C)(C)C2)CC1(C)C)c1ccccc1. The lowest BCUT2D eigenvalue weighted by molar-refractivity contribution is -0.289. The van der Waals surface area contributed by atoms with Gasteiger partial charge < -0.3 is 5.21 Å². The molecule has 4 nitrogen and oxygen atoms in total. The monoisotopic (exact) mass is 486 g/mol. The molecular formula is C31H54N2O2. The molecule has 4 heteroatoms. The number of nitrogens with zero attached hydrogens (tertiary/aromatic N) is 2. The number of hydrogen-bond donors (Lipinski definition) is 1. The summed E-state index contributed by atoms with van der Waals surface area (Å²) in [6.07, 6.45) is 10.9. The van der Waals surface area contributed by atoms with Gasteiger partial charge in [-0.25, -0.2) is 0 Å². The fraction of sp³-hybridized carbons (Fsp3) is 0.806. The van der Waals surface area contributed by atoms with E-state index < -0.39 is 0 Å². The van der Waals surface area contributed by atoms with Crippen molar-refractivity contribution in [2.75, 3.05) is 0 Å². The molecular weight excluding hydrogens is 432 g/mol. The molecule has 2 fully saturated rings. The van der Waals surface area contributed by atoms with E-state index in [-0.39, 0.29) is 28.3 Å². The van der Waals surface area contributed by atoms with Crippen LogP contribution in [0.5, 0.6) is 0 Å². The van der Waals surface area contributed by atoms with Gasteiger partial charge in [0.05, 0.1) is 0 Å². The summed E-state index contributed by atoms with van der Waals surface area (Å²) in [7, 11) is 0. The fourth-order valence-corrected chi connectivity index (χ4v) is 7.16. The van der Waals surface area contributed by atoms with Crippen LogP contribution in [0.4, 0.5) is 0 Å². The van der Waals surface area contributed by atoms with Gasteiger partial charge in [-0.05, 0) is 118 Å². The van der Waals surface area contributed by atoms with Crippen molar-refractivity contribution < 1.29 is 10.0 Å². The van der Waals surface area contributed by atoms with Crippen LogP contribution in [0.2, 0.25) is 0 Å². The van der Waals surface area contributed by atoms with Gasteiger partial charge in [0.1, 0.15) is 6.10 Å². The van der Waals surface area contributed by atoms with E-state index in [0.717, 1.165) is 25.2 Å². The van der Waals surface area contributed by atoms with Gasteiger partial charge in [0, 0.05) is 22.2 Å². The summed E-state index contributed by atoms with van der Waals surface area (Å²) in [6.45, 7) is 20.4. The largest absolute Gasteiger partial charge is 0.313 e. The molecule has 0 radical (unpaired) electrons. The summed E-state index contributed by atoms with van der Waals surface area (Å²) in [6, 6.07) is 10.6. The molecule has 0 aliphatic carbocycles. The molecule has 0 bridgehead atoms. The number of benzene rings is 1. The number of rotatable bonds is 7. The van der Waals surface area contributed by atoms with E-state index in [2.05, 4.69) is 97.7 Å². The lowest BCUT2D eigenvalue weighted by Gasteiger charge is -2.47. The van der Waals surface area contributed by atoms with Crippen LogP contribution >= 0.6 is 0 Å². The second kappa shape index (κ2) is 10.8. The maximum atomic E-state index is 10.8. The molecule has 35 heavy (non-hydrogen) atoms. The van der Waals surface area contributed by atoms with Crippen molar-refractivity contribution in [1.29, 1.82) is 0 Å². The Morgan fingerprint density at radius 2 is 1.31 bits per heavy atom. The molecule has 2 aliphatic heterocycles. The minimum atomic E-state index is -0.160. The summed E-state index contributed by atoms with van der Waals surface area (Å²) in [5.41, 5.74) is 0.917. The smallest absolute Gasteiger partial charge is 0.102 e. The predicted molar refractivity (Wildman–Crippen MR) is 146 cm³/mol. The molecule has 200 valence electrons. The minimum Gasteiger partial charge on any atom is -0.313 e. The van der Waals surface area contributed by atoms with Crippen LogP contribution in [0.3, 0.4) is 0 Å². The van der Waals surface area contributed by atoms with Gasteiger partial charge in [0.25, 0.3) is 0 Å². The highest BCUT2D eigenvalue weighted by Gasteiger charge is 2.45. The van der Waals surface area contributed by atoms with E-state index in [1.807, 2.05) is 0 Å². The van der Waals surface area contributed by atoms with Crippen molar-refractivity contribution in [3.63, 3.8) is 0 Å². The third-order valence-electron chi connectivity index (χ3n) is 8.91. The average Bonchev–Trinajstić information content (AvgIpc) is 2.91. The van der Waals surface area contributed by atoms with E-state index in [0.29, 0.717) is 5.92 Å². The molecule has 0 aromatic heterocycles. The van der Waals surface area contributed by atoms with Crippen molar-refractivity contribution in [3.05, 3.63) is 35.9 Å². The first-order valence-corrected chi connectivity index (χ1v) is 14.2. The van der Waals surface area contributed by atoms with Gasteiger partial charge >= 0.3 is 0 Å². The first-order valence-electron chi connectivity index (χ1n) is 14.2. The average molecular weight is 487 g/mol. The van der Waals surface area contributed by atoms with Gasteiger partial charge in [0.15, 0.2) is 0 Å². The van der Waals surface area contributed by atoms with Crippen molar-refractivity contribution in [1.82, 2.24) is 10.1 Å². The molecule has 2 aliphatic rings. The molecule has 1 aromatic carbocycles. The van der Waals surface area contributed by atoms with Crippen LogP contribution < -0.4 is 0 Å². The van der Waals surface area contributed by atoms with Gasteiger partial charge in [0.2, 0.25) is 0 Å². The second-order valence-corrected chi connectivity index (χ2v) is 14.2. The Labute approximate surface area is 216 Å². The number of hydrogen-bond acceptors (Lipinski definition) is 4. The molecule has 3 unspecified atom stereocenters.